The van der Waals surface area contributed by atoms with Crippen molar-refractivity contribution in [3.05, 3.63) is 58.9 Å². The van der Waals surface area contributed by atoms with Crippen LogP contribution in [0, 0.1) is 5.82 Å². The van der Waals surface area contributed by atoms with Crippen LogP contribution in [-0.4, -0.2) is 28.4 Å². The molecule has 7 nitrogen and oxygen atoms in total. The number of thiophene rings is 1. The Hall–Kier alpha value is -3.20. The van der Waals surface area contributed by atoms with E-state index >= 15 is 0 Å². The van der Waals surface area contributed by atoms with E-state index in [1.165, 1.54) is 12.1 Å². The second kappa shape index (κ2) is 8.66. The summed E-state index contributed by atoms with van der Waals surface area (Å²) in [7, 11) is 0. The van der Waals surface area contributed by atoms with Crippen LogP contribution in [0.4, 0.5) is 20.0 Å². The number of urea groups is 1. The molecule has 0 saturated carbocycles. The van der Waals surface area contributed by atoms with Gasteiger partial charge < -0.3 is 4.74 Å². The Balaban J connectivity index is 1.81. The molecule has 0 aliphatic rings. The van der Waals surface area contributed by atoms with Crippen molar-refractivity contribution < 1.29 is 18.7 Å². The largest absolute Gasteiger partial charge is 0.462 e. The summed E-state index contributed by atoms with van der Waals surface area (Å²) >= 11 is 1.12. The number of halogens is 1. The summed E-state index contributed by atoms with van der Waals surface area (Å²) in [6, 6.07) is 10.4. The number of ether oxygens (including phenoxy) is 1. The van der Waals surface area contributed by atoms with Crippen molar-refractivity contribution in [1.82, 2.24) is 9.78 Å². The van der Waals surface area contributed by atoms with Crippen LogP contribution in [0.5, 0.6) is 0 Å². The fraction of sp³-hybridized carbons (Fsp3) is 0.286. The number of anilines is 2. The average Bonchev–Trinajstić information content (AvgIpc) is 3.30. The van der Waals surface area contributed by atoms with Gasteiger partial charge in [-0.25, -0.2) is 18.7 Å². The van der Waals surface area contributed by atoms with Crippen LogP contribution < -0.4 is 10.6 Å². The maximum absolute atomic E-state index is 13.3. The molecule has 2 amide bonds. The minimum absolute atomic E-state index is 0.250. The quantitative estimate of drug-likeness (QED) is 0.546. The van der Waals surface area contributed by atoms with Crippen LogP contribution in [0.2, 0.25) is 0 Å². The predicted molar refractivity (Wildman–Crippen MR) is 115 cm³/mol. The molecule has 0 unspecified atom stereocenters. The van der Waals surface area contributed by atoms with Crippen molar-refractivity contribution in [2.45, 2.75) is 33.1 Å². The highest BCUT2D eigenvalue weighted by molar-refractivity contribution is 7.18. The van der Waals surface area contributed by atoms with Gasteiger partial charge in [0, 0.05) is 11.5 Å². The first kappa shape index (κ1) is 21.5. The van der Waals surface area contributed by atoms with Gasteiger partial charge in [-0.2, -0.15) is 5.10 Å². The lowest BCUT2D eigenvalue weighted by molar-refractivity contribution is 0.0532. The molecular formula is C21H23FN4O3S. The van der Waals surface area contributed by atoms with Gasteiger partial charge in [0.15, 0.2) is 0 Å². The van der Waals surface area contributed by atoms with Crippen LogP contribution in [0.3, 0.4) is 0 Å². The van der Waals surface area contributed by atoms with Crippen LogP contribution in [0.15, 0.2) is 42.5 Å². The zero-order valence-corrected chi connectivity index (χ0v) is 18.0. The van der Waals surface area contributed by atoms with Gasteiger partial charge in [-0.3, -0.25) is 10.6 Å². The average molecular weight is 431 g/mol. The molecule has 3 rings (SSSR count). The van der Waals surface area contributed by atoms with Gasteiger partial charge >= 0.3 is 12.0 Å². The zero-order chi connectivity index (χ0) is 21.9. The lowest BCUT2D eigenvalue weighted by Gasteiger charge is -2.14. The number of carbonyl (C=O) groups is 2. The number of benzene rings is 1. The van der Waals surface area contributed by atoms with E-state index in [9.17, 15) is 14.0 Å². The second-order valence-electron chi connectivity index (χ2n) is 7.52. The van der Waals surface area contributed by atoms with E-state index in [2.05, 4.69) is 15.7 Å². The van der Waals surface area contributed by atoms with Crippen LogP contribution >= 0.6 is 11.3 Å². The molecule has 0 fully saturated rings. The third kappa shape index (κ3) is 5.04. The topological polar surface area (TPSA) is 85.2 Å². The smallest absolute Gasteiger partial charge is 0.348 e. The highest BCUT2D eigenvalue weighted by Crippen LogP contribution is 2.27. The molecule has 158 valence electrons. The Morgan fingerprint density at radius 1 is 1.13 bits per heavy atom. The molecule has 1 aromatic carbocycles. The molecule has 2 N–H and O–H groups in total. The first-order chi connectivity index (χ1) is 14.2. The fourth-order valence-electron chi connectivity index (χ4n) is 2.59. The van der Waals surface area contributed by atoms with Gasteiger partial charge in [-0.05, 0) is 43.3 Å². The molecule has 0 saturated heterocycles. The van der Waals surface area contributed by atoms with Crippen molar-refractivity contribution in [3.8, 4) is 5.69 Å². The van der Waals surface area contributed by atoms with Gasteiger partial charge in [0.2, 0.25) is 0 Å². The SMILES string of the molecule is CCOC(=O)c1ccc(NC(=O)Nc2cc(C(C)(C)C)nn2-c2ccc(F)cc2)s1. The van der Waals surface area contributed by atoms with Gasteiger partial charge in [-0.1, -0.05) is 20.8 Å². The van der Waals surface area contributed by atoms with Crippen molar-refractivity contribution in [3.63, 3.8) is 0 Å². The molecular weight excluding hydrogens is 407 g/mol. The number of amides is 2. The monoisotopic (exact) mass is 430 g/mol. The number of carbonyl (C=O) groups excluding carboxylic acids is 2. The third-order valence-electron chi connectivity index (χ3n) is 4.11. The molecule has 0 spiro atoms. The third-order valence-corrected chi connectivity index (χ3v) is 5.09. The number of hydrogen-bond acceptors (Lipinski definition) is 5. The Morgan fingerprint density at radius 3 is 2.47 bits per heavy atom. The molecule has 2 heterocycles. The zero-order valence-electron chi connectivity index (χ0n) is 17.2. The lowest BCUT2D eigenvalue weighted by atomic mass is 9.92. The molecule has 0 radical (unpaired) electrons. The summed E-state index contributed by atoms with van der Waals surface area (Å²) in [5, 5.41) is 10.6. The summed E-state index contributed by atoms with van der Waals surface area (Å²) in [5.74, 6) is -0.351. The summed E-state index contributed by atoms with van der Waals surface area (Å²) in [6.07, 6.45) is 0. The Morgan fingerprint density at radius 2 is 1.83 bits per heavy atom. The summed E-state index contributed by atoms with van der Waals surface area (Å²) in [6.45, 7) is 8.04. The van der Waals surface area contributed by atoms with Crippen LogP contribution in [-0.2, 0) is 10.2 Å². The minimum atomic E-state index is -0.490. The van der Waals surface area contributed by atoms with E-state index in [4.69, 9.17) is 4.74 Å². The predicted octanol–water partition coefficient (Wildman–Crippen LogP) is 5.19. The normalized spacial score (nSPS) is 11.2. The van der Waals surface area contributed by atoms with E-state index in [0.29, 0.717) is 21.4 Å². The first-order valence-corrected chi connectivity index (χ1v) is 10.2. The number of esters is 1. The van der Waals surface area contributed by atoms with Gasteiger partial charge in [0.1, 0.15) is 16.5 Å². The van der Waals surface area contributed by atoms with E-state index in [-0.39, 0.29) is 17.8 Å². The number of aromatic nitrogens is 2. The number of rotatable bonds is 5. The molecule has 9 heteroatoms. The molecule has 0 aliphatic carbocycles. The maximum Gasteiger partial charge on any atom is 0.348 e. The number of hydrogen-bond donors (Lipinski definition) is 2. The lowest BCUT2D eigenvalue weighted by Crippen LogP contribution is -2.20. The first-order valence-electron chi connectivity index (χ1n) is 9.39. The van der Waals surface area contributed by atoms with E-state index in [1.54, 1.807) is 41.9 Å². The van der Waals surface area contributed by atoms with Crippen molar-refractivity contribution in [2.75, 3.05) is 17.2 Å². The van der Waals surface area contributed by atoms with Crippen molar-refractivity contribution >= 4 is 34.2 Å². The van der Waals surface area contributed by atoms with E-state index in [0.717, 1.165) is 17.0 Å². The second-order valence-corrected chi connectivity index (χ2v) is 8.60. The van der Waals surface area contributed by atoms with Crippen molar-refractivity contribution in [2.24, 2.45) is 0 Å². The number of nitrogens with zero attached hydrogens (tertiary/aromatic N) is 2. The van der Waals surface area contributed by atoms with Gasteiger partial charge in [-0.15, -0.1) is 11.3 Å². The standard InChI is InChI=1S/C21H23FN4O3S/c1-5-29-19(27)15-10-11-18(30-15)24-20(28)23-17-12-16(21(2,3)4)25-26(17)14-8-6-13(22)7-9-14/h6-12H,5H2,1-4H3,(H2,23,24,28). The highest BCUT2D eigenvalue weighted by atomic mass is 32.1. The van der Waals surface area contributed by atoms with Gasteiger partial charge in [0.05, 0.1) is 23.0 Å². The molecule has 30 heavy (non-hydrogen) atoms. The fourth-order valence-corrected chi connectivity index (χ4v) is 3.39. The van der Waals surface area contributed by atoms with E-state index in [1.807, 2.05) is 20.8 Å². The number of nitrogens with one attached hydrogen (secondary N) is 2. The molecule has 0 atom stereocenters. The summed E-state index contributed by atoms with van der Waals surface area (Å²) < 4.78 is 19.8. The van der Waals surface area contributed by atoms with Crippen LogP contribution in [0.1, 0.15) is 43.1 Å². The van der Waals surface area contributed by atoms with Crippen molar-refractivity contribution in [1.29, 1.82) is 0 Å². The Kier molecular flexibility index (Phi) is 6.21. The highest BCUT2D eigenvalue weighted by Gasteiger charge is 2.22. The van der Waals surface area contributed by atoms with Crippen LogP contribution in [0.25, 0.3) is 5.69 Å². The summed E-state index contributed by atoms with van der Waals surface area (Å²) in [4.78, 5) is 24.7. The molecule has 0 bridgehead atoms. The van der Waals surface area contributed by atoms with E-state index < -0.39 is 12.0 Å². The minimum Gasteiger partial charge on any atom is -0.462 e. The Labute approximate surface area is 177 Å². The summed E-state index contributed by atoms with van der Waals surface area (Å²) in [5.41, 5.74) is 1.13. The molecule has 3 aromatic rings. The Bertz CT molecular complexity index is 1050. The molecule has 0 aliphatic heterocycles. The maximum atomic E-state index is 13.3. The van der Waals surface area contributed by atoms with Gasteiger partial charge in [0.25, 0.3) is 0 Å². The molecule has 2 aromatic heterocycles.